The highest BCUT2D eigenvalue weighted by Gasteiger charge is 2.47. The number of amides is 1. The van der Waals surface area contributed by atoms with Crippen molar-refractivity contribution in [3.63, 3.8) is 0 Å². The molecule has 2 unspecified atom stereocenters. The Kier molecular flexibility index (Phi) is 9.19. The van der Waals surface area contributed by atoms with Crippen LogP contribution >= 0.6 is 15.2 Å². The predicted octanol–water partition coefficient (Wildman–Crippen LogP) is -2.30. The summed E-state index contributed by atoms with van der Waals surface area (Å²) in [6.07, 6.45) is -8.75. The summed E-state index contributed by atoms with van der Waals surface area (Å²) in [6.45, 7) is -0.388. The summed E-state index contributed by atoms with van der Waals surface area (Å²) in [6, 6.07) is 4.86. The maximum atomic E-state index is 12.2. The zero-order chi connectivity index (χ0) is 31.0. The molecular weight excluding hydrogens is 606 g/mol. The minimum Gasteiger partial charge on any atom is -0.445 e. The largest absolute Gasteiger partial charge is 0.445 e. The Balaban J connectivity index is 1.36. The number of carbonyl (C=O) groups is 1. The lowest BCUT2D eigenvalue weighted by molar-refractivity contribution is -0.0859. The number of carbonyl (C=O) groups excluding carboxylic acids is 1. The van der Waals surface area contributed by atoms with Crippen molar-refractivity contribution in [3.05, 3.63) is 46.5 Å². The van der Waals surface area contributed by atoms with E-state index in [-0.39, 0.29) is 29.0 Å². The van der Waals surface area contributed by atoms with Gasteiger partial charge in [0, 0.05) is 0 Å². The van der Waals surface area contributed by atoms with Crippen molar-refractivity contribution in [2.75, 3.05) is 5.73 Å². The molecule has 230 valence electrons. The quantitative estimate of drug-likeness (QED) is 0.105. The summed E-state index contributed by atoms with van der Waals surface area (Å²) in [5, 5.41) is 33.5. The standard InChI is InChI=1S/C21H28N6O13P2/c22-20-25-17-13(18(31)26-20)23-8-27(17)19-15(30)14(29)16(40-19)11(28)5-6-12(42(36,37)38)24-21(32)39-7-9-1-3-10(4-2-9)41(33,34)35/h1-4,8,11-12,14-16,19,28-30H,5-7H2,(H,24,32)(H2,33,34,35)(H2,36,37,38)(H3,22,25,26,31)/t11?,12?,14-,15+,16+,19+/m0/s1. The van der Waals surface area contributed by atoms with Crippen molar-refractivity contribution in [2.45, 2.75) is 55.9 Å². The molecule has 1 amide bonds. The van der Waals surface area contributed by atoms with Crippen molar-refractivity contribution in [1.29, 1.82) is 0 Å². The maximum Gasteiger partial charge on any atom is 0.408 e. The number of anilines is 1. The molecule has 0 bridgehead atoms. The van der Waals surface area contributed by atoms with Gasteiger partial charge in [-0.15, -0.1) is 0 Å². The number of fused-ring (bicyclic) bond motifs is 1. The van der Waals surface area contributed by atoms with E-state index >= 15 is 0 Å². The Labute approximate surface area is 235 Å². The van der Waals surface area contributed by atoms with Crippen molar-refractivity contribution >= 4 is 43.7 Å². The van der Waals surface area contributed by atoms with E-state index in [4.69, 9.17) is 25.0 Å². The third kappa shape index (κ3) is 7.04. The molecule has 1 aliphatic heterocycles. The zero-order valence-electron chi connectivity index (χ0n) is 21.4. The third-order valence-electron chi connectivity index (χ3n) is 6.45. The molecule has 1 aromatic carbocycles. The Morgan fingerprint density at radius 2 is 1.81 bits per heavy atom. The minimum atomic E-state index is -4.98. The molecule has 21 heteroatoms. The average Bonchev–Trinajstić information content (AvgIpc) is 3.44. The first kappa shape index (κ1) is 31.7. The molecule has 0 aliphatic carbocycles. The lowest BCUT2D eigenvalue weighted by atomic mass is 10.0. The lowest BCUT2D eigenvalue weighted by Gasteiger charge is -2.24. The first-order valence-electron chi connectivity index (χ1n) is 12.1. The van der Waals surface area contributed by atoms with Crippen LogP contribution in [0.25, 0.3) is 11.2 Å². The monoisotopic (exact) mass is 634 g/mol. The molecule has 1 saturated heterocycles. The summed E-state index contributed by atoms with van der Waals surface area (Å²) in [4.78, 5) is 72.1. The van der Waals surface area contributed by atoms with Crippen LogP contribution < -0.4 is 21.9 Å². The molecule has 3 heterocycles. The molecule has 19 nitrogen and oxygen atoms in total. The van der Waals surface area contributed by atoms with Gasteiger partial charge in [0.1, 0.15) is 30.7 Å². The van der Waals surface area contributed by atoms with Gasteiger partial charge in [0.2, 0.25) is 5.95 Å². The molecule has 0 radical (unpaired) electrons. The van der Waals surface area contributed by atoms with Crippen LogP contribution in [0.3, 0.4) is 0 Å². The highest BCUT2D eigenvalue weighted by Crippen LogP contribution is 2.43. The molecule has 0 spiro atoms. The van der Waals surface area contributed by atoms with Crippen LogP contribution in [0, 0.1) is 0 Å². The number of nitrogens with zero attached hydrogens (tertiary/aromatic N) is 3. The fraction of sp³-hybridized carbons (Fsp3) is 0.429. The number of alkyl carbamates (subject to hydrolysis) is 1. The number of hydrogen-bond donors (Lipinski definition) is 10. The first-order chi connectivity index (χ1) is 19.6. The third-order valence-corrected chi connectivity index (χ3v) is 8.62. The van der Waals surface area contributed by atoms with Gasteiger partial charge in [-0.25, -0.2) is 9.78 Å². The summed E-state index contributed by atoms with van der Waals surface area (Å²) >= 11 is 0. The minimum absolute atomic E-state index is 0.0651. The van der Waals surface area contributed by atoms with Crippen LogP contribution in [0.4, 0.5) is 10.7 Å². The van der Waals surface area contributed by atoms with Gasteiger partial charge in [-0.2, -0.15) is 4.98 Å². The summed E-state index contributed by atoms with van der Waals surface area (Å²) in [7, 11) is -9.45. The Bertz CT molecular complexity index is 1590. The van der Waals surface area contributed by atoms with Gasteiger partial charge >= 0.3 is 21.3 Å². The number of ether oxygens (including phenoxy) is 2. The van der Waals surface area contributed by atoms with Crippen LogP contribution in [0.15, 0.2) is 35.4 Å². The topological polar surface area (TPSA) is 313 Å². The van der Waals surface area contributed by atoms with Gasteiger partial charge < -0.3 is 55.4 Å². The zero-order valence-corrected chi connectivity index (χ0v) is 23.2. The summed E-state index contributed by atoms with van der Waals surface area (Å²) < 4.78 is 34.9. The van der Waals surface area contributed by atoms with Gasteiger partial charge in [-0.1, -0.05) is 12.1 Å². The molecule has 1 aliphatic rings. The normalized spacial score (nSPS) is 22.6. The van der Waals surface area contributed by atoms with E-state index in [1.54, 1.807) is 0 Å². The molecule has 0 saturated carbocycles. The number of aromatic amines is 1. The van der Waals surface area contributed by atoms with Crippen molar-refractivity contribution < 1.29 is 58.3 Å². The van der Waals surface area contributed by atoms with E-state index in [0.29, 0.717) is 5.56 Å². The molecule has 4 rings (SSSR count). The van der Waals surface area contributed by atoms with Gasteiger partial charge in [0.15, 0.2) is 17.4 Å². The van der Waals surface area contributed by atoms with Crippen LogP contribution in [-0.2, 0) is 25.2 Å². The second-order valence-corrected chi connectivity index (χ2v) is 12.8. The van der Waals surface area contributed by atoms with E-state index in [1.165, 1.54) is 12.1 Å². The molecule has 2 aromatic heterocycles. The number of aliphatic hydroxyl groups is 3. The number of aliphatic hydroxyl groups excluding tert-OH is 3. The number of rotatable bonds is 10. The number of imidazole rings is 1. The Hall–Kier alpha value is -3.22. The van der Waals surface area contributed by atoms with Crippen LogP contribution in [0.5, 0.6) is 0 Å². The van der Waals surface area contributed by atoms with E-state index in [0.717, 1.165) is 23.0 Å². The Morgan fingerprint density at radius 1 is 1.14 bits per heavy atom. The number of benzene rings is 1. The number of aromatic nitrogens is 4. The first-order valence-corrected chi connectivity index (χ1v) is 15.4. The average molecular weight is 634 g/mol. The second kappa shape index (κ2) is 12.2. The number of nitrogens with two attached hydrogens (primary N) is 1. The van der Waals surface area contributed by atoms with E-state index in [2.05, 4.69) is 15.0 Å². The van der Waals surface area contributed by atoms with Gasteiger partial charge in [0.25, 0.3) is 5.56 Å². The van der Waals surface area contributed by atoms with Gasteiger partial charge in [-0.3, -0.25) is 23.5 Å². The van der Waals surface area contributed by atoms with E-state index < -0.39 is 76.1 Å². The van der Waals surface area contributed by atoms with Crippen LogP contribution in [0.2, 0.25) is 0 Å². The fourth-order valence-corrected chi connectivity index (χ4v) is 5.59. The van der Waals surface area contributed by atoms with Crippen molar-refractivity contribution in [3.8, 4) is 0 Å². The number of nitrogen functional groups attached to an aromatic ring is 1. The molecule has 3 aromatic rings. The van der Waals surface area contributed by atoms with Gasteiger partial charge in [-0.05, 0) is 30.5 Å². The number of nitrogens with one attached hydrogen (secondary N) is 2. The highest BCUT2D eigenvalue weighted by molar-refractivity contribution is 7.60. The SMILES string of the molecule is Nc1nc2c(ncn2[C@@H]2O[C@H](C(O)CCC(NC(=O)OCc3ccc(P(=O)(O)O)cc3)P(=O)(O)O)[C@@H](O)[C@H]2O)c(=O)[nH]1. The van der Waals surface area contributed by atoms with E-state index in [1.807, 2.05) is 5.32 Å². The van der Waals surface area contributed by atoms with Crippen LogP contribution in [-0.4, -0.2) is 90.7 Å². The maximum absolute atomic E-state index is 12.2. The molecule has 42 heavy (non-hydrogen) atoms. The fourth-order valence-electron chi connectivity index (χ4n) is 4.29. The molecule has 1 fully saturated rings. The van der Waals surface area contributed by atoms with Gasteiger partial charge in [0.05, 0.1) is 17.7 Å². The number of hydrogen-bond acceptors (Lipinski definition) is 12. The predicted molar refractivity (Wildman–Crippen MR) is 141 cm³/mol. The molecule has 6 atom stereocenters. The summed E-state index contributed by atoms with van der Waals surface area (Å²) in [5.74, 6) is -2.06. The Morgan fingerprint density at radius 3 is 2.43 bits per heavy atom. The van der Waals surface area contributed by atoms with Crippen molar-refractivity contribution in [1.82, 2.24) is 24.8 Å². The summed E-state index contributed by atoms with van der Waals surface area (Å²) in [5.41, 5.74) is 5.05. The lowest BCUT2D eigenvalue weighted by Crippen LogP contribution is -2.40. The molecular formula is C21H28N6O13P2. The number of H-pyrrole nitrogens is 1. The van der Waals surface area contributed by atoms with E-state index in [9.17, 15) is 43.8 Å². The highest BCUT2D eigenvalue weighted by atomic mass is 31.2. The molecule has 11 N–H and O–H groups in total. The smallest absolute Gasteiger partial charge is 0.408 e. The van der Waals surface area contributed by atoms with Crippen LogP contribution in [0.1, 0.15) is 24.6 Å². The second-order valence-electron chi connectivity index (χ2n) is 9.43. The van der Waals surface area contributed by atoms with Crippen molar-refractivity contribution in [2.24, 2.45) is 0 Å².